The zero-order valence-corrected chi connectivity index (χ0v) is 13.9. The van der Waals surface area contributed by atoms with E-state index in [9.17, 15) is 8.42 Å². The van der Waals surface area contributed by atoms with Crippen molar-refractivity contribution >= 4 is 27.2 Å². The minimum Gasteiger partial charge on any atom is -0.392 e. The van der Waals surface area contributed by atoms with E-state index in [1.54, 1.807) is 6.92 Å². The molecule has 112 valence electrons. The molecular weight excluding hydrogens is 284 g/mol. The molecule has 1 aliphatic rings. The van der Waals surface area contributed by atoms with E-state index < -0.39 is 26.5 Å². The summed E-state index contributed by atoms with van der Waals surface area (Å²) in [4.78, 5) is 0.0320. The van der Waals surface area contributed by atoms with Crippen LogP contribution in [-0.2, 0) is 14.8 Å². The molecule has 0 aliphatic carbocycles. The van der Waals surface area contributed by atoms with Crippen LogP contribution >= 0.6 is 12.2 Å². The van der Waals surface area contributed by atoms with Gasteiger partial charge in [0.25, 0.3) is 0 Å². The first kappa shape index (κ1) is 16.8. The van der Waals surface area contributed by atoms with Gasteiger partial charge in [-0.05, 0) is 34.1 Å². The Bertz CT molecular complexity index is 442. The molecule has 1 atom stereocenters. The summed E-state index contributed by atoms with van der Waals surface area (Å²) in [6.07, 6.45) is 0.385. The molecule has 19 heavy (non-hydrogen) atoms. The lowest BCUT2D eigenvalue weighted by Gasteiger charge is -2.47. The van der Waals surface area contributed by atoms with Crippen molar-refractivity contribution < 1.29 is 13.2 Å². The van der Waals surface area contributed by atoms with Gasteiger partial charge in [0, 0.05) is 13.1 Å². The molecule has 7 heteroatoms. The summed E-state index contributed by atoms with van der Waals surface area (Å²) in [5.74, 6) is 0. The fourth-order valence-electron chi connectivity index (χ4n) is 2.64. The maximum atomic E-state index is 12.6. The predicted octanol–water partition coefficient (Wildman–Crippen LogP) is 1.27. The van der Waals surface area contributed by atoms with E-state index in [0.29, 0.717) is 19.5 Å². The van der Waals surface area contributed by atoms with Crippen molar-refractivity contribution in [2.24, 2.45) is 5.73 Å². The standard InChI is InChI=1S/C12H24N2O3S2/c1-6-9(10(13)18)19(15,16)14-7-11(2,3)17-12(4,5)8-14/h9H,6-8H2,1-5H3,(H2,13,18). The van der Waals surface area contributed by atoms with Crippen LogP contribution in [0.15, 0.2) is 0 Å². The highest BCUT2D eigenvalue weighted by Crippen LogP contribution is 2.31. The van der Waals surface area contributed by atoms with Gasteiger partial charge in [0.05, 0.1) is 16.2 Å². The van der Waals surface area contributed by atoms with E-state index >= 15 is 0 Å². The smallest absolute Gasteiger partial charge is 0.223 e. The predicted molar refractivity (Wildman–Crippen MR) is 80.6 cm³/mol. The number of thiocarbonyl (C=S) groups is 1. The molecule has 1 heterocycles. The van der Waals surface area contributed by atoms with Gasteiger partial charge in [0.1, 0.15) is 5.25 Å². The van der Waals surface area contributed by atoms with Gasteiger partial charge in [-0.2, -0.15) is 4.31 Å². The van der Waals surface area contributed by atoms with E-state index in [4.69, 9.17) is 22.7 Å². The van der Waals surface area contributed by atoms with Crippen molar-refractivity contribution in [3.05, 3.63) is 0 Å². The van der Waals surface area contributed by atoms with E-state index in [0.717, 1.165) is 0 Å². The number of sulfonamides is 1. The topological polar surface area (TPSA) is 72.6 Å². The highest BCUT2D eigenvalue weighted by Gasteiger charge is 2.45. The van der Waals surface area contributed by atoms with Crippen molar-refractivity contribution in [3.63, 3.8) is 0 Å². The maximum absolute atomic E-state index is 12.6. The van der Waals surface area contributed by atoms with Gasteiger partial charge >= 0.3 is 0 Å². The molecule has 1 unspecified atom stereocenters. The van der Waals surface area contributed by atoms with Crippen molar-refractivity contribution in [2.45, 2.75) is 57.5 Å². The van der Waals surface area contributed by atoms with Crippen LogP contribution in [0.25, 0.3) is 0 Å². The maximum Gasteiger partial charge on any atom is 0.223 e. The van der Waals surface area contributed by atoms with Gasteiger partial charge in [-0.3, -0.25) is 0 Å². The zero-order chi connectivity index (χ0) is 15.1. The molecule has 0 aromatic carbocycles. The van der Waals surface area contributed by atoms with E-state index in [2.05, 4.69) is 0 Å². The molecule has 1 rings (SSSR count). The number of nitrogens with two attached hydrogens (primary N) is 1. The molecule has 5 nitrogen and oxygen atoms in total. The number of hydrogen-bond acceptors (Lipinski definition) is 4. The summed E-state index contributed by atoms with van der Waals surface area (Å²) in [5.41, 5.74) is 4.52. The summed E-state index contributed by atoms with van der Waals surface area (Å²) in [5, 5.41) is -0.799. The lowest BCUT2D eigenvalue weighted by molar-refractivity contribution is -0.164. The fourth-order valence-corrected chi connectivity index (χ4v) is 5.22. The molecule has 1 aliphatic heterocycles. The van der Waals surface area contributed by atoms with Crippen molar-refractivity contribution in [2.75, 3.05) is 13.1 Å². The SMILES string of the molecule is CCC(C(N)=S)S(=O)(=O)N1CC(C)(C)OC(C)(C)C1. The number of nitrogens with zero attached hydrogens (tertiary/aromatic N) is 1. The summed E-state index contributed by atoms with van der Waals surface area (Å²) >= 11 is 4.89. The van der Waals surface area contributed by atoms with Crippen molar-refractivity contribution in [1.29, 1.82) is 0 Å². The van der Waals surface area contributed by atoms with Crippen molar-refractivity contribution in [1.82, 2.24) is 4.31 Å². The monoisotopic (exact) mass is 308 g/mol. The average Bonchev–Trinajstić information content (AvgIpc) is 2.11. The number of morpholine rings is 1. The van der Waals surface area contributed by atoms with E-state index in [1.165, 1.54) is 4.31 Å². The third-order valence-electron chi connectivity index (χ3n) is 3.07. The lowest BCUT2D eigenvalue weighted by Crippen LogP contribution is -2.60. The first-order valence-electron chi connectivity index (χ1n) is 6.40. The molecule has 0 amide bonds. The summed E-state index contributed by atoms with van der Waals surface area (Å²) in [7, 11) is -3.53. The number of rotatable bonds is 4. The Morgan fingerprint density at radius 1 is 1.32 bits per heavy atom. The molecule has 0 saturated carbocycles. The van der Waals surface area contributed by atoms with Gasteiger partial charge in [-0.1, -0.05) is 19.1 Å². The number of hydrogen-bond donors (Lipinski definition) is 1. The van der Waals surface area contributed by atoms with Crippen LogP contribution in [0.3, 0.4) is 0 Å². The van der Waals surface area contributed by atoms with Gasteiger partial charge in [0.2, 0.25) is 10.0 Å². The Hall–Kier alpha value is -0.240. The molecule has 2 N–H and O–H groups in total. The molecule has 0 aromatic heterocycles. The van der Waals surface area contributed by atoms with Crippen molar-refractivity contribution in [3.8, 4) is 0 Å². The second-order valence-corrected chi connectivity index (χ2v) is 8.82. The largest absolute Gasteiger partial charge is 0.392 e. The summed E-state index contributed by atoms with van der Waals surface area (Å²) in [6.45, 7) is 9.96. The summed E-state index contributed by atoms with van der Waals surface area (Å²) < 4.78 is 32.6. The van der Waals surface area contributed by atoms with Crippen LogP contribution in [0.5, 0.6) is 0 Å². The summed E-state index contributed by atoms with van der Waals surface area (Å²) in [6, 6.07) is 0. The molecule has 0 spiro atoms. The Labute approximate surface area is 121 Å². The number of ether oxygens (including phenoxy) is 1. The third kappa shape index (κ3) is 3.87. The van der Waals surface area contributed by atoms with Crippen LogP contribution in [0, 0.1) is 0 Å². The van der Waals surface area contributed by atoms with E-state index in [1.807, 2.05) is 27.7 Å². The van der Waals surface area contributed by atoms with Crippen LogP contribution in [0.4, 0.5) is 0 Å². The molecule has 0 bridgehead atoms. The molecule has 1 saturated heterocycles. The van der Waals surface area contributed by atoms with Crippen LogP contribution < -0.4 is 5.73 Å². The first-order valence-corrected chi connectivity index (χ1v) is 8.31. The van der Waals surface area contributed by atoms with Gasteiger partial charge in [-0.25, -0.2) is 8.42 Å². The van der Waals surface area contributed by atoms with Crippen LogP contribution in [-0.4, -0.2) is 47.3 Å². The highest BCUT2D eigenvalue weighted by molar-refractivity contribution is 7.92. The molecule has 1 fully saturated rings. The van der Waals surface area contributed by atoms with Crippen LogP contribution in [0.2, 0.25) is 0 Å². The van der Waals surface area contributed by atoms with Gasteiger partial charge in [-0.15, -0.1) is 0 Å². The Balaban J connectivity index is 3.11. The minimum atomic E-state index is -3.53. The fraction of sp³-hybridized carbons (Fsp3) is 0.917. The minimum absolute atomic E-state index is 0.0320. The van der Waals surface area contributed by atoms with Gasteiger partial charge in [0.15, 0.2) is 0 Å². The zero-order valence-electron chi connectivity index (χ0n) is 12.3. The normalized spacial score (nSPS) is 24.9. The van der Waals surface area contributed by atoms with Gasteiger partial charge < -0.3 is 10.5 Å². The second-order valence-electron chi connectivity index (χ2n) is 6.23. The quantitative estimate of drug-likeness (QED) is 0.792. The Morgan fingerprint density at radius 3 is 2.05 bits per heavy atom. The molecule has 0 radical (unpaired) electrons. The first-order chi connectivity index (χ1) is 8.41. The van der Waals surface area contributed by atoms with E-state index in [-0.39, 0.29) is 4.99 Å². The van der Waals surface area contributed by atoms with Crippen LogP contribution in [0.1, 0.15) is 41.0 Å². The Kier molecular flexibility index (Phi) is 4.67. The molecule has 0 aromatic rings. The molecular formula is C12H24N2O3S2. The second kappa shape index (κ2) is 5.27. The lowest BCUT2D eigenvalue weighted by atomic mass is 10.0. The highest BCUT2D eigenvalue weighted by atomic mass is 32.2. The Morgan fingerprint density at radius 2 is 1.74 bits per heavy atom. The average molecular weight is 308 g/mol. The third-order valence-corrected chi connectivity index (χ3v) is 5.79.